The molecular weight excluding hydrogens is 250 g/mol. The summed E-state index contributed by atoms with van der Waals surface area (Å²) in [7, 11) is -1.98. The number of ether oxygens (including phenoxy) is 1. The van der Waals surface area contributed by atoms with Crippen molar-refractivity contribution in [2.24, 2.45) is 0 Å². The molecule has 0 aromatic heterocycles. The molecular formula is C12H21NO4Si. The number of likely N-dealkylation sites (tertiary alicyclic amines) is 1. The molecule has 2 aliphatic heterocycles. The van der Waals surface area contributed by atoms with Crippen LogP contribution < -0.4 is 0 Å². The van der Waals surface area contributed by atoms with Gasteiger partial charge < -0.3 is 9.16 Å². The molecule has 0 aliphatic carbocycles. The van der Waals surface area contributed by atoms with E-state index >= 15 is 0 Å². The van der Waals surface area contributed by atoms with E-state index in [9.17, 15) is 9.59 Å². The van der Waals surface area contributed by atoms with E-state index in [0.717, 1.165) is 6.42 Å². The number of carbonyl (C=O) groups excluding carboxylic acids is 2. The Morgan fingerprint density at radius 2 is 2.06 bits per heavy atom. The SMILES string of the molecule is CC(C)(C)OC(=O)N1CC[C@@H]2[C@H]1C(=O)O[Si]2(C)C. The molecule has 5 nitrogen and oxygen atoms in total. The maximum Gasteiger partial charge on any atom is 0.411 e. The summed E-state index contributed by atoms with van der Waals surface area (Å²) in [6, 6.07) is -0.415. The van der Waals surface area contributed by atoms with E-state index in [2.05, 4.69) is 0 Å². The highest BCUT2D eigenvalue weighted by molar-refractivity contribution is 6.76. The standard InChI is InChI=1S/C12H21NO4Si/c1-12(2,3)16-11(15)13-7-6-8-9(13)10(14)17-18(8,4)5/h8-9H,6-7H2,1-5H3/t8-,9+/m1/s1. The van der Waals surface area contributed by atoms with E-state index < -0.39 is 26.1 Å². The van der Waals surface area contributed by atoms with Gasteiger partial charge in [0.2, 0.25) is 0 Å². The monoisotopic (exact) mass is 271 g/mol. The molecule has 18 heavy (non-hydrogen) atoms. The second kappa shape index (κ2) is 3.98. The summed E-state index contributed by atoms with van der Waals surface area (Å²) in [5, 5.41) is 0. The van der Waals surface area contributed by atoms with Crippen LogP contribution in [0.1, 0.15) is 27.2 Å². The fraction of sp³-hybridized carbons (Fsp3) is 0.833. The third-order valence-electron chi connectivity index (χ3n) is 3.52. The molecule has 0 spiro atoms. The molecule has 0 unspecified atom stereocenters. The van der Waals surface area contributed by atoms with E-state index in [1.54, 1.807) is 4.90 Å². The summed E-state index contributed by atoms with van der Waals surface area (Å²) in [6.45, 7) is 10.1. The zero-order valence-corrected chi connectivity index (χ0v) is 12.6. The first-order valence-corrected chi connectivity index (χ1v) is 9.33. The number of rotatable bonds is 0. The van der Waals surface area contributed by atoms with Crippen molar-refractivity contribution in [1.29, 1.82) is 0 Å². The molecule has 6 heteroatoms. The minimum absolute atomic E-state index is 0.206. The number of amides is 1. The first kappa shape index (κ1) is 13.4. The van der Waals surface area contributed by atoms with Crippen LogP contribution in [0, 0.1) is 0 Å². The van der Waals surface area contributed by atoms with E-state index in [4.69, 9.17) is 9.16 Å². The van der Waals surface area contributed by atoms with E-state index in [0.29, 0.717) is 6.54 Å². The summed E-state index contributed by atoms with van der Waals surface area (Å²) in [5.74, 6) is -0.250. The van der Waals surface area contributed by atoms with Crippen LogP contribution in [0.4, 0.5) is 4.79 Å². The lowest BCUT2D eigenvalue weighted by atomic mass is 10.2. The highest BCUT2D eigenvalue weighted by Crippen LogP contribution is 2.44. The topological polar surface area (TPSA) is 55.8 Å². The Morgan fingerprint density at radius 1 is 1.44 bits per heavy atom. The van der Waals surface area contributed by atoms with Gasteiger partial charge in [-0.25, -0.2) is 4.79 Å². The molecule has 0 radical (unpaired) electrons. The predicted molar refractivity (Wildman–Crippen MR) is 68.7 cm³/mol. The highest BCUT2D eigenvalue weighted by atomic mass is 28.4. The number of nitrogens with zero attached hydrogens (tertiary/aromatic N) is 1. The van der Waals surface area contributed by atoms with Gasteiger partial charge in [-0.2, -0.15) is 0 Å². The summed E-state index contributed by atoms with van der Waals surface area (Å²) >= 11 is 0. The van der Waals surface area contributed by atoms with E-state index in [1.807, 2.05) is 33.9 Å². The van der Waals surface area contributed by atoms with Crippen LogP contribution >= 0.6 is 0 Å². The summed E-state index contributed by atoms with van der Waals surface area (Å²) in [6.07, 6.45) is 0.438. The Kier molecular flexibility index (Phi) is 2.96. The van der Waals surface area contributed by atoms with E-state index in [1.165, 1.54) is 0 Å². The second-order valence-electron chi connectivity index (χ2n) is 6.54. The molecule has 0 saturated carbocycles. The van der Waals surface area contributed by atoms with Crippen molar-refractivity contribution < 1.29 is 18.8 Å². The van der Waals surface area contributed by atoms with Crippen molar-refractivity contribution in [3.8, 4) is 0 Å². The molecule has 2 saturated heterocycles. The van der Waals surface area contributed by atoms with Gasteiger partial charge in [0.25, 0.3) is 8.32 Å². The lowest BCUT2D eigenvalue weighted by molar-refractivity contribution is -0.137. The van der Waals surface area contributed by atoms with Crippen LogP contribution in [0.15, 0.2) is 0 Å². The largest absolute Gasteiger partial charge is 0.518 e. The normalized spacial score (nSPS) is 30.1. The molecule has 2 rings (SSSR count). The summed E-state index contributed by atoms with van der Waals surface area (Å²) in [5.41, 5.74) is -0.331. The first-order chi connectivity index (χ1) is 8.12. The number of hydrogen-bond acceptors (Lipinski definition) is 4. The van der Waals surface area contributed by atoms with Crippen LogP contribution in [0.25, 0.3) is 0 Å². The third-order valence-corrected chi connectivity index (χ3v) is 6.64. The summed E-state index contributed by atoms with van der Waals surface area (Å²) in [4.78, 5) is 25.5. The van der Waals surface area contributed by atoms with Gasteiger partial charge in [-0.1, -0.05) is 0 Å². The van der Waals surface area contributed by atoms with Crippen molar-refractivity contribution in [3.05, 3.63) is 0 Å². The van der Waals surface area contributed by atoms with Crippen LogP contribution in [0.3, 0.4) is 0 Å². The molecule has 2 fully saturated rings. The van der Waals surface area contributed by atoms with Crippen LogP contribution in [-0.4, -0.2) is 43.5 Å². The van der Waals surface area contributed by atoms with Gasteiger partial charge in [0.15, 0.2) is 0 Å². The molecule has 0 bridgehead atoms. The Bertz CT molecular complexity index is 388. The molecule has 0 N–H and O–H groups in total. The Hall–Kier alpha value is -1.04. The van der Waals surface area contributed by atoms with Gasteiger partial charge in [-0.3, -0.25) is 9.69 Å². The first-order valence-electron chi connectivity index (χ1n) is 6.34. The minimum atomic E-state index is -1.98. The average molecular weight is 271 g/mol. The number of fused-ring (bicyclic) bond motifs is 1. The van der Waals surface area contributed by atoms with Crippen molar-refractivity contribution in [2.75, 3.05) is 6.54 Å². The van der Waals surface area contributed by atoms with Gasteiger partial charge in [-0.15, -0.1) is 0 Å². The molecule has 0 aromatic rings. The highest BCUT2D eigenvalue weighted by Gasteiger charge is 2.59. The van der Waals surface area contributed by atoms with Gasteiger partial charge in [0.1, 0.15) is 11.6 Å². The molecule has 2 aliphatic rings. The molecule has 1 amide bonds. The second-order valence-corrected chi connectivity index (χ2v) is 10.7. The minimum Gasteiger partial charge on any atom is -0.518 e. The lowest BCUT2D eigenvalue weighted by Crippen LogP contribution is -2.43. The smallest absolute Gasteiger partial charge is 0.411 e. The van der Waals surface area contributed by atoms with Crippen molar-refractivity contribution in [2.45, 2.75) is 57.5 Å². The number of hydrogen-bond donors (Lipinski definition) is 0. The zero-order valence-electron chi connectivity index (χ0n) is 11.6. The van der Waals surface area contributed by atoms with Crippen LogP contribution in [-0.2, 0) is 14.0 Å². The predicted octanol–water partition coefficient (Wildman–Crippen LogP) is 2.13. The number of carbonyl (C=O) groups is 2. The fourth-order valence-electron chi connectivity index (χ4n) is 2.73. The maximum absolute atomic E-state index is 12.1. The van der Waals surface area contributed by atoms with Gasteiger partial charge >= 0.3 is 12.1 Å². The Labute approximate surface area is 109 Å². The quantitative estimate of drug-likeness (QED) is 0.633. The van der Waals surface area contributed by atoms with Crippen LogP contribution in [0.2, 0.25) is 18.6 Å². The Morgan fingerprint density at radius 3 is 2.61 bits per heavy atom. The fourth-order valence-corrected chi connectivity index (χ4v) is 5.42. The molecule has 2 heterocycles. The zero-order chi connectivity index (χ0) is 13.7. The van der Waals surface area contributed by atoms with Gasteiger partial charge in [0, 0.05) is 12.1 Å². The van der Waals surface area contributed by atoms with Gasteiger partial charge in [-0.05, 0) is 40.3 Å². The Balaban J connectivity index is 2.14. The molecule has 0 aromatic carbocycles. The molecule has 102 valence electrons. The van der Waals surface area contributed by atoms with Gasteiger partial charge in [0.05, 0.1) is 0 Å². The van der Waals surface area contributed by atoms with E-state index in [-0.39, 0.29) is 11.5 Å². The third kappa shape index (κ3) is 2.25. The van der Waals surface area contributed by atoms with Crippen molar-refractivity contribution in [1.82, 2.24) is 4.90 Å². The van der Waals surface area contributed by atoms with Crippen LogP contribution in [0.5, 0.6) is 0 Å². The maximum atomic E-state index is 12.1. The molecule has 2 atom stereocenters. The average Bonchev–Trinajstić information content (AvgIpc) is 2.65. The van der Waals surface area contributed by atoms with Crippen molar-refractivity contribution in [3.63, 3.8) is 0 Å². The lowest BCUT2D eigenvalue weighted by Gasteiger charge is -2.26. The van der Waals surface area contributed by atoms with Crippen molar-refractivity contribution >= 4 is 20.4 Å². The summed E-state index contributed by atoms with van der Waals surface area (Å²) < 4.78 is 10.8.